The molecule has 0 spiro atoms. The van der Waals surface area contributed by atoms with E-state index < -0.39 is 0 Å². The fourth-order valence-corrected chi connectivity index (χ4v) is 2.81. The quantitative estimate of drug-likeness (QED) is 0.188. The van der Waals surface area contributed by atoms with E-state index in [1.807, 2.05) is 30.3 Å². The van der Waals surface area contributed by atoms with Gasteiger partial charge in [-0.25, -0.2) is 0 Å². The highest BCUT2D eigenvalue weighted by Crippen LogP contribution is 2.24. The van der Waals surface area contributed by atoms with E-state index in [1.54, 1.807) is 12.1 Å². The van der Waals surface area contributed by atoms with Crippen LogP contribution in [0.25, 0.3) is 11.1 Å². The predicted molar refractivity (Wildman–Crippen MR) is 107 cm³/mol. The summed E-state index contributed by atoms with van der Waals surface area (Å²) in [4.78, 5) is 10.3. The first-order valence-corrected chi connectivity index (χ1v) is 9.29. The third-order valence-electron chi connectivity index (χ3n) is 4.34. The first-order chi connectivity index (χ1) is 12.7. The standard InChI is InChI=1S/C22H27NO3/c1-2-3-4-5-6-7-8-9-18-26-22-16-12-20(13-17-22)19-10-14-21(15-11-19)23(24)25/h2,10-17H,1,3-9,18H2. The highest BCUT2D eigenvalue weighted by molar-refractivity contribution is 5.65. The molecule has 0 aliphatic heterocycles. The fraction of sp³-hybridized carbons (Fsp3) is 0.364. The van der Waals surface area contributed by atoms with Gasteiger partial charge in [0.25, 0.3) is 5.69 Å². The molecule has 4 heteroatoms. The largest absolute Gasteiger partial charge is 0.494 e. The molecule has 0 saturated heterocycles. The van der Waals surface area contributed by atoms with Crippen molar-refractivity contribution >= 4 is 5.69 Å². The number of ether oxygens (including phenoxy) is 1. The number of benzene rings is 2. The molecular weight excluding hydrogens is 326 g/mol. The molecule has 0 radical (unpaired) electrons. The van der Waals surface area contributed by atoms with Crippen molar-refractivity contribution in [2.75, 3.05) is 6.61 Å². The second kappa shape index (κ2) is 11.1. The molecule has 0 unspecified atom stereocenters. The Balaban J connectivity index is 1.69. The highest BCUT2D eigenvalue weighted by Gasteiger charge is 2.05. The molecule has 4 nitrogen and oxygen atoms in total. The van der Waals surface area contributed by atoms with Crippen LogP contribution in [0.4, 0.5) is 5.69 Å². The van der Waals surface area contributed by atoms with Crippen molar-refractivity contribution in [1.82, 2.24) is 0 Å². The summed E-state index contributed by atoms with van der Waals surface area (Å²) in [6, 6.07) is 14.4. The lowest BCUT2D eigenvalue weighted by Gasteiger charge is -2.07. The minimum Gasteiger partial charge on any atom is -0.494 e. The van der Waals surface area contributed by atoms with Crippen LogP contribution in [0, 0.1) is 10.1 Å². The lowest BCUT2D eigenvalue weighted by atomic mass is 10.1. The lowest BCUT2D eigenvalue weighted by molar-refractivity contribution is -0.384. The van der Waals surface area contributed by atoms with Crippen molar-refractivity contribution in [3.63, 3.8) is 0 Å². The van der Waals surface area contributed by atoms with E-state index in [1.165, 1.54) is 44.2 Å². The molecule has 138 valence electrons. The molecule has 2 aromatic rings. The normalized spacial score (nSPS) is 10.5. The average Bonchev–Trinajstić information content (AvgIpc) is 2.67. The van der Waals surface area contributed by atoms with Gasteiger partial charge < -0.3 is 4.74 Å². The Morgan fingerprint density at radius 2 is 1.38 bits per heavy atom. The number of nitrogens with zero attached hydrogens (tertiary/aromatic N) is 1. The van der Waals surface area contributed by atoms with Gasteiger partial charge in [0.2, 0.25) is 0 Å². The van der Waals surface area contributed by atoms with Gasteiger partial charge in [-0.05, 0) is 54.7 Å². The van der Waals surface area contributed by atoms with Crippen LogP contribution < -0.4 is 4.74 Å². The predicted octanol–water partition coefficient (Wildman–Crippen LogP) is 6.56. The third-order valence-corrected chi connectivity index (χ3v) is 4.34. The molecule has 0 heterocycles. The Kier molecular flexibility index (Phi) is 8.40. The maximum Gasteiger partial charge on any atom is 0.269 e. The summed E-state index contributed by atoms with van der Waals surface area (Å²) >= 11 is 0. The summed E-state index contributed by atoms with van der Waals surface area (Å²) in [6.45, 7) is 4.48. The maximum atomic E-state index is 10.7. The van der Waals surface area contributed by atoms with E-state index in [2.05, 4.69) is 6.58 Å². The summed E-state index contributed by atoms with van der Waals surface area (Å²) in [5, 5.41) is 10.7. The Morgan fingerprint density at radius 1 is 0.846 bits per heavy atom. The molecule has 0 aromatic heterocycles. The number of unbranched alkanes of at least 4 members (excludes halogenated alkanes) is 6. The second-order valence-corrected chi connectivity index (χ2v) is 6.38. The van der Waals surface area contributed by atoms with E-state index in [4.69, 9.17) is 4.74 Å². The van der Waals surface area contributed by atoms with Crippen LogP contribution in [-0.2, 0) is 0 Å². The first kappa shape index (κ1) is 19.7. The molecule has 2 aromatic carbocycles. The average molecular weight is 353 g/mol. The van der Waals surface area contributed by atoms with Gasteiger partial charge in [0.15, 0.2) is 0 Å². The number of non-ortho nitro benzene ring substituents is 1. The minimum atomic E-state index is -0.387. The van der Waals surface area contributed by atoms with Gasteiger partial charge in [-0.2, -0.15) is 0 Å². The van der Waals surface area contributed by atoms with E-state index >= 15 is 0 Å². The molecule has 2 rings (SSSR count). The van der Waals surface area contributed by atoms with Gasteiger partial charge in [0, 0.05) is 12.1 Å². The molecule has 0 aliphatic carbocycles. The van der Waals surface area contributed by atoms with E-state index in [-0.39, 0.29) is 10.6 Å². The Morgan fingerprint density at radius 3 is 1.96 bits per heavy atom. The van der Waals surface area contributed by atoms with Gasteiger partial charge in [0.05, 0.1) is 11.5 Å². The monoisotopic (exact) mass is 353 g/mol. The summed E-state index contributed by atoms with van der Waals surface area (Å²) < 4.78 is 5.79. The third kappa shape index (κ3) is 6.71. The molecule has 0 amide bonds. The molecule has 0 fully saturated rings. The summed E-state index contributed by atoms with van der Waals surface area (Å²) in [5.41, 5.74) is 2.08. The number of nitro groups is 1. The minimum absolute atomic E-state index is 0.106. The van der Waals surface area contributed by atoms with Crippen molar-refractivity contribution < 1.29 is 9.66 Å². The van der Waals surface area contributed by atoms with Gasteiger partial charge in [0.1, 0.15) is 5.75 Å². The van der Waals surface area contributed by atoms with E-state index in [0.29, 0.717) is 0 Å². The molecule has 0 N–H and O–H groups in total. The lowest BCUT2D eigenvalue weighted by Crippen LogP contribution is -1.97. The Labute approximate surface area is 155 Å². The SMILES string of the molecule is C=CCCCCCCCCOc1ccc(-c2ccc([N+](=O)[O-])cc2)cc1. The van der Waals surface area contributed by atoms with Gasteiger partial charge in [-0.3, -0.25) is 10.1 Å². The van der Waals surface area contributed by atoms with Crippen molar-refractivity contribution in [3.05, 3.63) is 71.3 Å². The van der Waals surface area contributed by atoms with E-state index in [0.717, 1.165) is 36.3 Å². The maximum absolute atomic E-state index is 10.7. The van der Waals surface area contributed by atoms with E-state index in [9.17, 15) is 10.1 Å². The van der Waals surface area contributed by atoms with Crippen LogP contribution in [0.1, 0.15) is 44.9 Å². The number of hydrogen-bond donors (Lipinski definition) is 0. The highest BCUT2D eigenvalue weighted by atomic mass is 16.6. The molecule has 0 bridgehead atoms. The smallest absolute Gasteiger partial charge is 0.269 e. The number of nitro benzene ring substituents is 1. The fourth-order valence-electron chi connectivity index (χ4n) is 2.81. The van der Waals surface area contributed by atoms with Gasteiger partial charge in [-0.1, -0.05) is 43.9 Å². The number of hydrogen-bond acceptors (Lipinski definition) is 3. The van der Waals surface area contributed by atoms with Crippen LogP contribution in [0.15, 0.2) is 61.2 Å². The van der Waals surface area contributed by atoms with Crippen LogP contribution in [0.2, 0.25) is 0 Å². The summed E-state index contributed by atoms with van der Waals surface area (Å²) in [6.07, 6.45) is 10.5. The van der Waals surface area contributed by atoms with Crippen LogP contribution in [0.5, 0.6) is 5.75 Å². The van der Waals surface area contributed by atoms with Crippen molar-refractivity contribution in [3.8, 4) is 16.9 Å². The van der Waals surface area contributed by atoms with Gasteiger partial charge >= 0.3 is 0 Å². The van der Waals surface area contributed by atoms with Crippen molar-refractivity contribution in [1.29, 1.82) is 0 Å². The Bertz CT molecular complexity index is 678. The van der Waals surface area contributed by atoms with Crippen molar-refractivity contribution in [2.45, 2.75) is 44.9 Å². The topological polar surface area (TPSA) is 52.4 Å². The number of allylic oxidation sites excluding steroid dienone is 1. The Hall–Kier alpha value is -2.62. The summed E-state index contributed by atoms with van der Waals surface area (Å²) in [5.74, 6) is 0.863. The van der Waals surface area contributed by atoms with Crippen LogP contribution in [-0.4, -0.2) is 11.5 Å². The zero-order valence-corrected chi connectivity index (χ0v) is 15.2. The molecule has 0 atom stereocenters. The molecule has 0 aliphatic rings. The second-order valence-electron chi connectivity index (χ2n) is 6.38. The zero-order chi connectivity index (χ0) is 18.6. The first-order valence-electron chi connectivity index (χ1n) is 9.29. The number of rotatable bonds is 12. The van der Waals surface area contributed by atoms with Crippen LogP contribution in [0.3, 0.4) is 0 Å². The molecular formula is C22H27NO3. The summed E-state index contributed by atoms with van der Waals surface area (Å²) in [7, 11) is 0. The zero-order valence-electron chi connectivity index (χ0n) is 15.2. The van der Waals surface area contributed by atoms with Crippen LogP contribution >= 0.6 is 0 Å². The molecule has 0 saturated carbocycles. The van der Waals surface area contributed by atoms with Crippen molar-refractivity contribution in [2.24, 2.45) is 0 Å². The molecule has 26 heavy (non-hydrogen) atoms. The van der Waals surface area contributed by atoms with Gasteiger partial charge in [-0.15, -0.1) is 6.58 Å².